The molecule has 5 heteroatoms. The van der Waals surface area contributed by atoms with Gasteiger partial charge in [0, 0.05) is 0 Å². The van der Waals surface area contributed by atoms with E-state index in [4.69, 9.17) is 10.5 Å². The molecule has 1 aromatic carbocycles. The Morgan fingerprint density at radius 2 is 2.23 bits per heavy atom. The maximum Gasteiger partial charge on any atom is 0.251 e. The molecule has 0 radical (unpaired) electrons. The summed E-state index contributed by atoms with van der Waals surface area (Å²) in [7, 11) is 1.44. The zero-order chi connectivity index (χ0) is 10.0. The fraction of sp³-hybridized carbons (Fsp3) is 0.125. The molecular formula is C8H7FINO2. The third kappa shape index (κ3) is 2.09. The van der Waals surface area contributed by atoms with E-state index in [1.807, 2.05) is 22.6 Å². The minimum atomic E-state index is -0.799. The molecular weight excluding hydrogens is 288 g/mol. The molecule has 0 heterocycles. The van der Waals surface area contributed by atoms with E-state index in [9.17, 15) is 9.18 Å². The van der Waals surface area contributed by atoms with Gasteiger partial charge in [0.05, 0.1) is 16.2 Å². The summed E-state index contributed by atoms with van der Waals surface area (Å²) >= 11 is 1.91. The standard InChI is InChI=1S/C8H7FINO2/c1-13-7-2-4(8(11)12)5(9)3-6(7)10/h2-3H,1H3,(H2,11,12). The number of amides is 1. The first-order chi connectivity index (χ1) is 6.06. The van der Waals surface area contributed by atoms with Gasteiger partial charge >= 0.3 is 0 Å². The van der Waals surface area contributed by atoms with Crippen molar-refractivity contribution in [2.45, 2.75) is 0 Å². The van der Waals surface area contributed by atoms with Gasteiger partial charge in [0.1, 0.15) is 11.6 Å². The van der Waals surface area contributed by atoms with Gasteiger partial charge in [-0.15, -0.1) is 0 Å². The number of ether oxygens (including phenoxy) is 1. The second kappa shape index (κ2) is 3.91. The van der Waals surface area contributed by atoms with Crippen molar-refractivity contribution in [3.8, 4) is 5.75 Å². The van der Waals surface area contributed by atoms with Crippen LogP contribution in [-0.2, 0) is 0 Å². The molecule has 1 aromatic rings. The molecule has 0 fully saturated rings. The molecule has 0 aromatic heterocycles. The third-order valence-electron chi connectivity index (χ3n) is 1.51. The van der Waals surface area contributed by atoms with Crippen molar-refractivity contribution >= 4 is 28.5 Å². The van der Waals surface area contributed by atoms with E-state index in [0.29, 0.717) is 9.32 Å². The molecule has 0 saturated heterocycles. The van der Waals surface area contributed by atoms with Gasteiger partial charge in [-0.05, 0) is 34.7 Å². The van der Waals surface area contributed by atoms with Crippen LogP contribution in [0.3, 0.4) is 0 Å². The van der Waals surface area contributed by atoms with Crippen LogP contribution in [0.15, 0.2) is 12.1 Å². The summed E-state index contributed by atoms with van der Waals surface area (Å²) in [4.78, 5) is 10.7. The van der Waals surface area contributed by atoms with Crippen LogP contribution >= 0.6 is 22.6 Å². The SMILES string of the molecule is COc1cc(C(N)=O)c(F)cc1I. The van der Waals surface area contributed by atoms with Gasteiger partial charge in [-0.2, -0.15) is 0 Å². The van der Waals surface area contributed by atoms with Crippen molar-refractivity contribution < 1.29 is 13.9 Å². The van der Waals surface area contributed by atoms with Crippen LogP contribution in [0.4, 0.5) is 4.39 Å². The molecule has 0 unspecified atom stereocenters. The summed E-state index contributed by atoms with van der Waals surface area (Å²) in [5, 5.41) is 0. The van der Waals surface area contributed by atoms with Gasteiger partial charge in [0.2, 0.25) is 0 Å². The number of methoxy groups -OCH3 is 1. The molecule has 0 spiro atoms. The molecule has 0 aliphatic rings. The van der Waals surface area contributed by atoms with Gasteiger partial charge in [0.15, 0.2) is 0 Å². The van der Waals surface area contributed by atoms with Gasteiger partial charge in [-0.3, -0.25) is 4.79 Å². The number of carbonyl (C=O) groups is 1. The van der Waals surface area contributed by atoms with Crippen LogP contribution in [0.2, 0.25) is 0 Å². The smallest absolute Gasteiger partial charge is 0.251 e. The van der Waals surface area contributed by atoms with E-state index in [2.05, 4.69) is 0 Å². The summed E-state index contributed by atoms with van der Waals surface area (Å²) in [5.41, 5.74) is 4.80. The lowest BCUT2D eigenvalue weighted by molar-refractivity contribution is 0.0996. The predicted molar refractivity (Wildman–Crippen MR) is 54.2 cm³/mol. The number of hydrogen-bond acceptors (Lipinski definition) is 2. The highest BCUT2D eigenvalue weighted by Crippen LogP contribution is 2.23. The summed E-state index contributed by atoms with van der Waals surface area (Å²) in [6, 6.07) is 2.50. The first-order valence-electron chi connectivity index (χ1n) is 3.39. The molecule has 0 bridgehead atoms. The van der Waals surface area contributed by atoms with Gasteiger partial charge in [-0.1, -0.05) is 0 Å². The second-order valence-electron chi connectivity index (χ2n) is 2.33. The van der Waals surface area contributed by atoms with Crippen molar-refractivity contribution in [3.63, 3.8) is 0 Å². The highest BCUT2D eigenvalue weighted by Gasteiger charge is 2.12. The molecule has 1 rings (SSSR count). The van der Waals surface area contributed by atoms with E-state index in [0.717, 1.165) is 0 Å². The Morgan fingerprint density at radius 3 is 2.69 bits per heavy atom. The molecule has 0 aliphatic heterocycles. The van der Waals surface area contributed by atoms with E-state index in [1.165, 1.54) is 19.2 Å². The fourth-order valence-electron chi connectivity index (χ4n) is 0.874. The van der Waals surface area contributed by atoms with Crippen LogP contribution in [0.5, 0.6) is 5.75 Å². The van der Waals surface area contributed by atoms with Crippen LogP contribution in [-0.4, -0.2) is 13.0 Å². The van der Waals surface area contributed by atoms with Crippen molar-refractivity contribution in [3.05, 3.63) is 27.1 Å². The average Bonchev–Trinajstić information content (AvgIpc) is 2.03. The Bertz CT molecular complexity index is 354. The maximum absolute atomic E-state index is 13.1. The largest absolute Gasteiger partial charge is 0.496 e. The quantitative estimate of drug-likeness (QED) is 0.841. The molecule has 1 amide bonds. The summed E-state index contributed by atoms with van der Waals surface area (Å²) < 4.78 is 18.6. The van der Waals surface area contributed by atoms with E-state index in [1.54, 1.807) is 0 Å². The fourth-order valence-corrected chi connectivity index (χ4v) is 1.52. The van der Waals surface area contributed by atoms with Gasteiger partial charge in [0.25, 0.3) is 5.91 Å². The highest BCUT2D eigenvalue weighted by atomic mass is 127. The topological polar surface area (TPSA) is 52.3 Å². The second-order valence-corrected chi connectivity index (χ2v) is 3.49. The van der Waals surface area contributed by atoms with Crippen LogP contribution < -0.4 is 10.5 Å². The minimum Gasteiger partial charge on any atom is -0.496 e. The van der Waals surface area contributed by atoms with E-state index < -0.39 is 11.7 Å². The average molecular weight is 295 g/mol. The Morgan fingerprint density at radius 1 is 1.62 bits per heavy atom. The number of carbonyl (C=O) groups excluding carboxylic acids is 1. The Hall–Kier alpha value is -0.850. The molecule has 70 valence electrons. The molecule has 0 saturated carbocycles. The first kappa shape index (κ1) is 10.2. The van der Waals surface area contributed by atoms with Crippen molar-refractivity contribution in [2.75, 3.05) is 7.11 Å². The lowest BCUT2D eigenvalue weighted by atomic mass is 10.2. The summed E-state index contributed by atoms with van der Waals surface area (Å²) in [6.45, 7) is 0. The third-order valence-corrected chi connectivity index (χ3v) is 2.35. The number of rotatable bonds is 2. The van der Waals surface area contributed by atoms with Crippen molar-refractivity contribution in [1.82, 2.24) is 0 Å². The number of hydrogen-bond donors (Lipinski definition) is 1. The van der Waals surface area contributed by atoms with Crippen molar-refractivity contribution in [1.29, 1.82) is 0 Å². The summed E-state index contributed by atoms with van der Waals surface area (Å²) in [5.74, 6) is -0.985. The molecule has 0 atom stereocenters. The number of nitrogens with two attached hydrogens (primary N) is 1. The molecule has 13 heavy (non-hydrogen) atoms. The van der Waals surface area contributed by atoms with E-state index in [-0.39, 0.29) is 5.56 Å². The van der Waals surface area contributed by atoms with Crippen molar-refractivity contribution in [2.24, 2.45) is 5.73 Å². The van der Waals surface area contributed by atoms with Gasteiger partial charge < -0.3 is 10.5 Å². The number of benzene rings is 1. The normalized spacial score (nSPS) is 9.77. The van der Waals surface area contributed by atoms with Crippen LogP contribution in [0.1, 0.15) is 10.4 Å². The molecule has 3 nitrogen and oxygen atoms in total. The lowest BCUT2D eigenvalue weighted by Crippen LogP contribution is -2.13. The zero-order valence-corrected chi connectivity index (χ0v) is 8.96. The van der Waals surface area contributed by atoms with Crippen LogP contribution in [0.25, 0.3) is 0 Å². The Balaban J connectivity index is 3.30. The lowest BCUT2D eigenvalue weighted by Gasteiger charge is -2.05. The van der Waals surface area contributed by atoms with Crippen LogP contribution in [0, 0.1) is 9.39 Å². The molecule has 2 N–H and O–H groups in total. The summed E-state index contributed by atoms with van der Waals surface area (Å²) in [6.07, 6.45) is 0. The van der Waals surface area contributed by atoms with Gasteiger partial charge in [-0.25, -0.2) is 4.39 Å². The maximum atomic E-state index is 13.1. The highest BCUT2D eigenvalue weighted by molar-refractivity contribution is 14.1. The number of primary amides is 1. The minimum absolute atomic E-state index is 0.155. The zero-order valence-electron chi connectivity index (χ0n) is 6.80. The Kier molecular flexibility index (Phi) is 3.07. The first-order valence-corrected chi connectivity index (χ1v) is 4.47. The Labute approximate surface area is 88.2 Å². The monoisotopic (exact) mass is 295 g/mol. The molecule has 0 aliphatic carbocycles. The predicted octanol–water partition coefficient (Wildman–Crippen LogP) is 1.54. The van der Waals surface area contributed by atoms with E-state index >= 15 is 0 Å². The number of halogens is 2.